The SMILES string of the molecule is O=C(CNS(=O)(=O)c1cccc(F)c1)N1CCC(N2C(=O)CNC2=O)CC1. The second kappa shape index (κ2) is 7.61. The number of rotatable bonds is 5. The fourth-order valence-corrected chi connectivity index (χ4v) is 4.17. The quantitative estimate of drug-likeness (QED) is 0.658. The summed E-state index contributed by atoms with van der Waals surface area (Å²) in [6.45, 7) is 0.150. The van der Waals surface area contributed by atoms with Crippen LogP contribution in [0.5, 0.6) is 0 Å². The number of hydrogen-bond donors (Lipinski definition) is 2. The van der Waals surface area contributed by atoms with E-state index in [4.69, 9.17) is 0 Å². The summed E-state index contributed by atoms with van der Waals surface area (Å²) in [5.74, 6) is -1.40. The maximum atomic E-state index is 13.2. The van der Waals surface area contributed by atoms with Crippen molar-refractivity contribution in [2.75, 3.05) is 26.2 Å². The zero-order valence-corrected chi connectivity index (χ0v) is 15.2. The summed E-state index contributed by atoms with van der Waals surface area (Å²) in [5.41, 5.74) is 0. The molecule has 0 spiro atoms. The molecule has 0 radical (unpaired) electrons. The molecule has 0 unspecified atom stereocenters. The van der Waals surface area contributed by atoms with Crippen molar-refractivity contribution >= 4 is 27.9 Å². The second-order valence-electron chi connectivity index (χ2n) is 6.32. The van der Waals surface area contributed by atoms with Gasteiger partial charge in [-0.25, -0.2) is 22.3 Å². The fraction of sp³-hybridized carbons (Fsp3) is 0.438. The van der Waals surface area contributed by atoms with Crippen LogP contribution in [0, 0.1) is 5.82 Å². The van der Waals surface area contributed by atoms with Crippen molar-refractivity contribution in [3.05, 3.63) is 30.1 Å². The summed E-state index contributed by atoms with van der Waals surface area (Å²) >= 11 is 0. The zero-order valence-electron chi connectivity index (χ0n) is 14.4. The third kappa shape index (κ3) is 4.25. The molecule has 1 aromatic rings. The van der Waals surface area contributed by atoms with E-state index in [9.17, 15) is 27.2 Å². The number of hydrogen-bond acceptors (Lipinski definition) is 5. The van der Waals surface area contributed by atoms with Crippen LogP contribution >= 0.6 is 0 Å². The van der Waals surface area contributed by atoms with Crippen LogP contribution in [-0.2, 0) is 19.6 Å². The Hall–Kier alpha value is -2.53. The number of benzene rings is 1. The highest BCUT2D eigenvalue weighted by atomic mass is 32.2. The van der Waals surface area contributed by atoms with Gasteiger partial charge in [-0.2, -0.15) is 0 Å². The van der Waals surface area contributed by atoms with Crippen molar-refractivity contribution in [2.45, 2.75) is 23.8 Å². The number of amides is 4. The molecule has 0 bridgehead atoms. The Kier molecular flexibility index (Phi) is 5.42. The molecule has 0 aromatic heterocycles. The first-order valence-electron chi connectivity index (χ1n) is 8.41. The number of carbonyl (C=O) groups is 3. The van der Waals surface area contributed by atoms with Gasteiger partial charge in [-0.15, -0.1) is 0 Å². The molecule has 2 saturated heterocycles. The average molecular weight is 398 g/mol. The van der Waals surface area contributed by atoms with Crippen LogP contribution in [0.3, 0.4) is 0 Å². The first-order chi connectivity index (χ1) is 12.8. The number of nitrogens with zero attached hydrogens (tertiary/aromatic N) is 2. The minimum Gasteiger partial charge on any atom is -0.341 e. The molecule has 0 saturated carbocycles. The summed E-state index contributed by atoms with van der Waals surface area (Å²) in [4.78, 5) is 38.1. The van der Waals surface area contributed by atoms with Crippen LogP contribution in [-0.4, -0.2) is 68.3 Å². The third-order valence-corrected chi connectivity index (χ3v) is 5.98. The van der Waals surface area contributed by atoms with Gasteiger partial charge < -0.3 is 10.2 Å². The van der Waals surface area contributed by atoms with Crippen molar-refractivity contribution in [3.8, 4) is 0 Å². The second-order valence-corrected chi connectivity index (χ2v) is 8.08. The summed E-state index contributed by atoms with van der Waals surface area (Å²) in [6.07, 6.45) is 0.864. The number of imide groups is 1. The van der Waals surface area contributed by atoms with Gasteiger partial charge in [0, 0.05) is 19.1 Å². The molecule has 2 fully saturated rings. The predicted octanol–water partition coefficient (Wildman–Crippen LogP) is -0.353. The standard InChI is InChI=1S/C16H19FN4O5S/c17-11-2-1-3-13(8-11)27(25,26)19-10-14(22)20-6-4-12(5-7-20)21-15(23)9-18-16(21)24/h1-3,8,12,19H,4-7,9-10H2,(H,18,24). The molecule has 2 N–H and O–H groups in total. The van der Waals surface area contributed by atoms with E-state index in [0.29, 0.717) is 25.9 Å². The highest BCUT2D eigenvalue weighted by Gasteiger charge is 2.37. The van der Waals surface area contributed by atoms with Gasteiger partial charge in [0.2, 0.25) is 21.8 Å². The van der Waals surface area contributed by atoms with E-state index in [2.05, 4.69) is 10.0 Å². The maximum Gasteiger partial charge on any atom is 0.324 e. The van der Waals surface area contributed by atoms with E-state index >= 15 is 0 Å². The highest BCUT2D eigenvalue weighted by Crippen LogP contribution is 2.19. The van der Waals surface area contributed by atoms with Crippen LogP contribution in [0.15, 0.2) is 29.2 Å². The normalized spacial score (nSPS) is 18.7. The average Bonchev–Trinajstić information content (AvgIpc) is 2.98. The van der Waals surface area contributed by atoms with E-state index in [1.807, 2.05) is 0 Å². The van der Waals surface area contributed by atoms with E-state index in [-0.39, 0.29) is 23.4 Å². The first-order valence-corrected chi connectivity index (χ1v) is 9.89. The number of nitrogens with one attached hydrogen (secondary N) is 2. The Labute approximate surface area is 155 Å². The molecule has 9 nitrogen and oxygen atoms in total. The Bertz CT molecular complexity index is 851. The number of carbonyl (C=O) groups excluding carboxylic acids is 3. The first kappa shape index (κ1) is 19.2. The van der Waals surface area contributed by atoms with Gasteiger partial charge in [0.1, 0.15) is 5.82 Å². The zero-order chi connectivity index (χ0) is 19.6. The molecule has 1 aromatic carbocycles. The molecule has 2 aliphatic heterocycles. The summed E-state index contributed by atoms with van der Waals surface area (Å²) in [5, 5.41) is 2.46. The minimum atomic E-state index is -4.00. The molecule has 2 aliphatic rings. The lowest BCUT2D eigenvalue weighted by Gasteiger charge is -2.35. The Morgan fingerprint density at radius 1 is 1.26 bits per heavy atom. The number of piperidine rings is 1. The van der Waals surface area contributed by atoms with Crippen molar-refractivity contribution in [2.24, 2.45) is 0 Å². The molecule has 27 heavy (non-hydrogen) atoms. The lowest BCUT2D eigenvalue weighted by Crippen LogP contribution is -2.50. The predicted molar refractivity (Wildman–Crippen MR) is 91.4 cm³/mol. The Morgan fingerprint density at radius 2 is 1.96 bits per heavy atom. The molecule has 11 heteroatoms. The van der Waals surface area contributed by atoms with Crippen LogP contribution in [0.4, 0.5) is 9.18 Å². The Balaban J connectivity index is 1.52. The molecular formula is C16H19FN4O5S. The van der Waals surface area contributed by atoms with Crippen molar-refractivity contribution in [1.82, 2.24) is 19.8 Å². The summed E-state index contributed by atoms with van der Waals surface area (Å²) < 4.78 is 39.6. The van der Waals surface area contributed by atoms with Crippen molar-refractivity contribution < 1.29 is 27.2 Å². The van der Waals surface area contributed by atoms with Crippen LogP contribution in [0.1, 0.15) is 12.8 Å². The lowest BCUT2D eigenvalue weighted by atomic mass is 10.0. The molecule has 146 valence electrons. The Morgan fingerprint density at radius 3 is 2.56 bits per heavy atom. The third-order valence-electron chi connectivity index (χ3n) is 4.58. The number of sulfonamides is 1. The van der Waals surface area contributed by atoms with Gasteiger partial charge in [-0.05, 0) is 31.0 Å². The van der Waals surface area contributed by atoms with E-state index in [1.54, 1.807) is 0 Å². The molecule has 3 rings (SSSR count). The smallest absolute Gasteiger partial charge is 0.324 e. The maximum absolute atomic E-state index is 13.2. The molecule has 4 amide bonds. The van der Waals surface area contributed by atoms with Gasteiger partial charge in [0.25, 0.3) is 0 Å². The van der Waals surface area contributed by atoms with Crippen LogP contribution < -0.4 is 10.0 Å². The van der Waals surface area contributed by atoms with E-state index in [0.717, 1.165) is 12.1 Å². The minimum absolute atomic E-state index is 0.0140. The van der Waals surface area contributed by atoms with E-state index < -0.39 is 34.3 Å². The van der Waals surface area contributed by atoms with Gasteiger partial charge in [0.15, 0.2) is 0 Å². The summed E-state index contributed by atoms with van der Waals surface area (Å²) in [7, 11) is -4.00. The van der Waals surface area contributed by atoms with Gasteiger partial charge in [-0.1, -0.05) is 6.07 Å². The molecule has 2 heterocycles. The van der Waals surface area contributed by atoms with E-state index in [1.165, 1.54) is 21.9 Å². The molecule has 0 aliphatic carbocycles. The van der Waals surface area contributed by atoms with Gasteiger partial charge in [0.05, 0.1) is 18.0 Å². The number of halogens is 1. The monoisotopic (exact) mass is 398 g/mol. The lowest BCUT2D eigenvalue weighted by molar-refractivity contribution is -0.132. The highest BCUT2D eigenvalue weighted by molar-refractivity contribution is 7.89. The molecule has 0 atom stereocenters. The molecular weight excluding hydrogens is 379 g/mol. The van der Waals surface area contributed by atoms with Gasteiger partial charge in [-0.3, -0.25) is 14.5 Å². The van der Waals surface area contributed by atoms with Crippen molar-refractivity contribution in [3.63, 3.8) is 0 Å². The van der Waals surface area contributed by atoms with Crippen LogP contribution in [0.25, 0.3) is 0 Å². The summed E-state index contributed by atoms with van der Waals surface area (Å²) in [6, 6.07) is 3.81. The largest absolute Gasteiger partial charge is 0.341 e. The number of urea groups is 1. The number of likely N-dealkylation sites (tertiary alicyclic amines) is 1. The topological polar surface area (TPSA) is 116 Å². The van der Waals surface area contributed by atoms with Crippen molar-refractivity contribution in [1.29, 1.82) is 0 Å². The van der Waals surface area contributed by atoms with Gasteiger partial charge >= 0.3 is 6.03 Å². The fourth-order valence-electron chi connectivity index (χ4n) is 3.16. The van der Waals surface area contributed by atoms with Crippen LogP contribution in [0.2, 0.25) is 0 Å².